The molecule has 4 heteroatoms. The molecule has 25 heavy (non-hydrogen) atoms. The Bertz CT molecular complexity index is 765. The van der Waals surface area contributed by atoms with Gasteiger partial charge in [0, 0.05) is 18.7 Å². The minimum absolute atomic E-state index is 0.0270. The maximum atomic E-state index is 12.9. The van der Waals surface area contributed by atoms with E-state index in [1.807, 2.05) is 61.2 Å². The van der Waals surface area contributed by atoms with Crippen molar-refractivity contribution in [1.29, 1.82) is 0 Å². The summed E-state index contributed by atoms with van der Waals surface area (Å²) in [5.74, 6) is -0.245. The van der Waals surface area contributed by atoms with E-state index in [9.17, 15) is 9.59 Å². The third kappa shape index (κ3) is 3.90. The number of benzene rings is 2. The molecule has 130 valence electrons. The van der Waals surface area contributed by atoms with Crippen LogP contribution in [0.2, 0.25) is 0 Å². The molecule has 0 aliphatic carbocycles. The van der Waals surface area contributed by atoms with Crippen molar-refractivity contribution in [2.24, 2.45) is 0 Å². The topological polar surface area (TPSA) is 49.4 Å². The summed E-state index contributed by atoms with van der Waals surface area (Å²) >= 11 is 0. The van der Waals surface area contributed by atoms with Gasteiger partial charge in [0.1, 0.15) is 6.04 Å². The van der Waals surface area contributed by atoms with Crippen LogP contribution in [-0.2, 0) is 4.79 Å². The third-order valence-electron chi connectivity index (χ3n) is 4.84. The summed E-state index contributed by atoms with van der Waals surface area (Å²) in [5, 5.41) is 2.94. The van der Waals surface area contributed by atoms with Crippen LogP contribution in [0.15, 0.2) is 48.5 Å². The van der Waals surface area contributed by atoms with E-state index < -0.39 is 6.04 Å². The SMILES string of the molecule is Cc1ccc(C(=O)N[C@H](C(=O)N2CCCC2)c2ccccc2)cc1C. The molecule has 1 N–H and O–H groups in total. The number of rotatable bonds is 4. The van der Waals surface area contributed by atoms with Crippen LogP contribution in [0, 0.1) is 13.8 Å². The number of amides is 2. The van der Waals surface area contributed by atoms with E-state index in [1.165, 1.54) is 0 Å². The summed E-state index contributed by atoms with van der Waals surface area (Å²) < 4.78 is 0. The number of hydrogen-bond donors (Lipinski definition) is 1. The second-order valence-corrected chi connectivity index (χ2v) is 6.65. The maximum Gasteiger partial charge on any atom is 0.252 e. The van der Waals surface area contributed by atoms with Gasteiger partial charge in [0.2, 0.25) is 5.91 Å². The summed E-state index contributed by atoms with van der Waals surface area (Å²) in [4.78, 5) is 27.5. The van der Waals surface area contributed by atoms with Crippen LogP contribution in [-0.4, -0.2) is 29.8 Å². The minimum atomic E-state index is -0.645. The van der Waals surface area contributed by atoms with Gasteiger partial charge in [-0.05, 0) is 55.5 Å². The van der Waals surface area contributed by atoms with Gasteiger partial charge in [-0.2, -0.15) is 0 Å². The fourth-order valence-corrected chi connectivity index (χ4v) is 3.15. The number of hydrogen-bond acceptors (Lipinski definition) is 2. The van der Waals surface area contributed by atoms with Gasteiger partial charge in [0.25, 0.3) is 5.91 Å². The predicted molar refractivity (Wildman–Crippen MR) is 98.4 cm³/mol. The molecular weight excluding hydrogens is 312 g/mol. The van der Waals surface area contributed by atoms with Gasteiger partial charge in [-0.1, -0.05) is 36.4 Å². The summed E-state index contributed by atoms with van der Waals surface area (Å²) in [6.45, 7) is 5.53. The van der Waals surface area contributed by atoms with Crippen LogP contribution in [0.25, 0.3) is 0 Å². The number of nitrogens with one attached hydrogen (secondary N) is 1. The Kier molecular flexibility index (Phi) is 5.17. The van der Waals surface area contributed by atoms with Crippen LogP contribution in [0.4, 0.5) is 0 Å². The molecule has 2 aromatic rings. The Balaban J connectivity index is 1.85. The molecule has 0 saturated carbocycles. The Morgan fingerprint density at radius 2 is 1.64 bits per heavy atom. The first-order valence-corrected chi connectivity index (χ1v) is 8.78. The lowest BCUT2D eigenvalue weighted by Crippen LogP contribution is -2.41. The van der Waals surface area contributed by atoms with Crippen molar-refractivity contribution in [2.45, 2.75) is 32.7 Å². The van der Waals surface area contributed by atoms with Crippen molar-refractivity contribution in [1.82, 2.24) is 10.2 Å². The molecule has 1 fully saturated rings. The fourth-order valence-electron chi connectivity index (χ4n) is 3.15. The summed E-state index contributed by atoms with van der Waals surface area (Å²) in [5.41, 5.74) is 3.61. The standard InChI is InChI=1S/C21H24N2O2/c1-15-10-11-18(14-16(15)2)20(24)22-19(17-8-4-3-5-9-17)21(25)23-12-6-7-13-23/h3-5,8-11,14,19H,6-7,12-13H2,1-2H3,(H,22,24)/t19-/m0/s1. The highest BCUT2D eigenvalue weighted by atomic mass is 16.2. The number of nitrogens with zero attached hydrogens (tertiary/aromatic N) is 1. The van der Waals surface area contributed by atoms with Gasteiger partial charge in [-0.25, -0.2) is 0 Å². The van der Waals surface area contributed by atoms with Crippen LogP contribution >= 0.6 is 0 Å². The first-order chi connectivity index (χ1) is 12.1. The van der Waals surface area contributed by atoms with E-state index in [0.29, 0.717) is 5.56 Å². The molecule has 2 aromatic carbocycles. The van der Waals surface area contributed by atoms with Crippen LogP contribution < -0.4 is 5.32 Å². The highest BCUT2D eigenvalue weighted by molar-refractivity contribution is 5.98. The molecule has 1 saturated heterocycles. The highest BCUT2D eigenvalue weighted by Gasteiger charge is 2.29. The average Bonchev–Trinajstić information content (AvgIpc) is 3.16. The van der Waals surface area contributed by atoms with Crippen molar-refractivity contribution < 1.29 is 9.59 Å². The van der Waals surface area contributed by atoms with Crippen LogP contribution in [0.1, 0.15) is 45.9 Å². The Morgan fingerprint density at radius 1 is 0.960 bits per heavy atom. The number of carbonyl (C=O) groups excluding carboxylic acids is 2. The van der Waals surface area contributed by atoms with Crippen LogP contribution in [0.3, 0.4) is 0 Å². The minimum Gasteiger partial charge on any atom is -0.341 e. The number of likely N-dealkylation sites (tertiary alicyclic amines) is 1. The van der Waals surface area contributed by atoms with Gasteiger partial charge in [0.15, 0.2) is 0 Å². The van der Waals surface area contributed by atoms with Gasteiger partial charge in [-0.3, -0.25) is 9.59 Å². The molecule has 0 unspecified atom stereocenters. The zero-order valence-corrected chi connectivity index (χ0v) is 14.8. The second-order valence-electron chi connectivity index (χ2n) is 6.65. The molecule has 0 aromatic heterocycles. The van der Waals surface area contributed by atoms with Crippen molar-refractivity contribution >= 4 is 11.8 Å². The van der Waals surface area contributed by atoms with Gasteiger partial charge < -0.3 is 10.2 Å². The van der Waals surface area contributed by atoms with Crippen molar-refractivity contribution in [2.75, 3.05) is 13.1 Å². The van der Waals surface area contributed by atoms with E-state index in [1.54, 1.807) is 6.07 Å². The lowest BCUT2D eigenvalue weighted by Gasteiger charge is -2.24. The lowest BCUT2D eigenvalue weighted by molar-refractivity contribution is -0.132. The van der Waals surface area contributed by atoms with Crippen molar-refractivity contribution in [3.63, 3.8) is 0 Å². The van der Waals surface area contributed by atoms with E-state index >= 15 is 0 Å². The van der Waals surface area contributed by atoms with Gasteiger partial charge in [-0.15, -0.1) is 0 Å². The molecule has 3 rings (SSSR count). The quantitative estimate of drug-likeness (QED) is 0.930. The smallest absolute Gasteiger partial charge is 0.252 e. The molecule has 1 heterocycles. The van der Waals surface area contributed by atoms with E-state index in [-0.39, 0.29) is 11.8 Å². The third-order valence-corrected chi connectivity index (χ3v) is 4.84. The molecule has 1 aliphatic rings. The highest BCUT2D eigenvalue weighted by Crippen LogP contribution is 2.20. The predicted octanol–water partition coefficient (Wildman–Crippen LogP) is 3.40. The molecular formula is C21H24N2O2. The molecule has 1 atom stereocenters. The number of aryl methyl sites for hydroxylation is 2. The fraction of sp³-hybridized carbons (Fsp3) is 0.333. The van der Waals surface area contributed by atoms with Crippen molar-refractivity contribution in [3.05, 3.63) is 70.8 Å². The first-order valence-electron chi connectivity index (χ1n) is 8.78. The Labute approximate surface area is 148 Å². The molecule has 0 bridgehead atoms. The molecule has 0 spiro atoms. The molecule has 0 radical (unpaired) electrons. The zero-order valence-electron chi connectivity index (χ0n) is 14.8. The van der Waals surface area contributed by atoms with Gasteiger partial charge in [0.05, 0.1) is 0 Å². The average molecular weight is 336 g/mol. The van der Waals surface area contributed by atoms with E-state index in [2.05, 4.69) is 5.32 Å². The molecule has 4 nitrogen and oxygen atoms in total. The van der Waals surface area contributed by atoms with Crippen LogP contribution in [0.5, 0.6) is 0 Å². The second kappa shape index (κ2) is 7.51. The summed E-state index contributed by atoms with van der Waals surface area (Å²) in [7, 11) is 0. The first kappa shape index (κ1) is 17.2. The largest absolute Gasteiger partial charge is 0.341 e. The lowest BCUT2D eigenvalue weighted by atomic mass is 10.0. The maximum absolute atomic E-state index is 12.9. The summed E-state index contributed by atoms with van der Waals surface area (Å²) in [6, 6.07) is 14.4. The Hall–Kier alpha value is -2.62. The molecule has 2 amide bonds. The monoisotopic (exact) mass is 336 g/mol. The van der Waals surface area contributed by atoms with E-state index in [0.717, 1.165) is 42.6 Å². The zero-order chi connectivity index (χ0) is 17.8. The summed E-state index contributed by atoms with van der Waals surface area (Å²) in [6.07, 6.45) is 2.05. The van der Waals surface area contributed by atoms with Crippen molar-refractivity contribution in [3.8, 4) is 0 Å². The Morgan fingerprint density at radius 3 is 2.28 bits per heavy atom. The normalized spacial score (nSPS) is 15.0. The number of carbonyl (C=O) groups is 2. The van der Waals surface area contributed by atoms with E-state index in [4.69, 9.17) is 0 Å². The van der Waals surface area contributed by atoms with Gasteiger partial charge >= 0.3 is 0 Å². The molecule has 1 aliphatic heterocycles.